The van der Waals surface area contributed by atoms with Gasteiger partial charge in [-0.25, -0.2) is 9.67 Å². The number of likely N-dealkylation sites (N-methyl/N-ethyl adjacent to an activating group) is 5. The van der Waals surface area contributed by atoms with Crippen LogP contribution in [0.25, 0.3) is 0 Å². The van der Waals surface area contributed by atoms with Gasteiger partial charge in [-0.2, -0.15) is 0 Å². The number of aromatic nitrogens is 5. The molecule has 10 heterocycles. The van der Waals surface area contributed by atoms with Crippen molar-refractivity contribution in [3.63, 3.8) is 0 Å². The normalized spacial score (nSPS) is 36.3. The highest BCUT2D eigenvalue weighted by Gasteiger charge is 2.55. The van der Waals surface area contributed by atoms with E-state index in [-0.39, 0.29) is 73.0 Å². The SMILES string of the molecule is CCC[C@@H]1C[C@@H](C(=O)N[C@@H]([C@H]2OC(SC)[C@H](O)[C@H](O)C2O)[C@H](C)N(C)C)N(C)C1.CCC[C@@H]1C[C@@H](C(=O)N[C@@H]([C@H]2OC(SC)[C@H](O)[C@H](O)C2O)[C@H](C)n2cc(CN)nn2)N(C)C1.CCC[C@@H]1C[C@@H](C(=O)N[C@@H]([C@H]2OC(SC)[C@H](O)[C@H](O)C2O)[C@H](C)n2ccnc2)N(C)C1.CCC[C@@H]1C[C@@H](C(=O)N[C@H](C(C)NC(=O)CN)[C@H]2OC(SC)[C@H](O)[C@H](O)C2O)N(C)C1. The lowest BCUT2D eigenvalue weighted by Crippen LogP contribution is -2.67. The highest BCUT2D eigenvalue weighted by Crippen LogP contribution is 2.38. The number of hydrogen-bond donors (Lipinski definition) is 19. The predicted molar refractivity (Wildman–Crippen MR) is 476 cm³/mol. The zero-order valence-corrected chi connectivity index (χ0v) is 78.9. The summed E-state index contributed by atoms with van der Waals surface area (Å²) in [6.07, 6.45) is 5.83. The minimum Gasteiger partial charge on any atom is -0.388 e. The molecule has 36 atom stereocenters. The summed E-state index contributed by atoms with van der Waals surface area (Å²) < 4.78 is 27.3. The van der Waals surface area contributed by atoms with E-state index in [1.807, 2.05) is 77.4 Å². The second-order valence-electron chi connectivity index (χ2n) is 35.4. The second kappa shape index (κ2) is 50.7. The number of imidazole rings is 1. The lowest BCUT2D eigenvalue weighted by molar-refractivity contribution is -0.208. The predicted octanol–water partition coefficient (Wildman–Crippen LogP) is -2.77. The fourth-order valence-corrected chi connectivity index (χ4v) is 21.5. The van der Waals surface area contributed by atoms with E-state index >= 15 is 0 Å². The lowest BCUT2D eigenvalue weighted by atomic mass is 9.90. The van der Waals surface area contributed by atoms with E-state index in [4.69, 9.17) is 30.4 Å². The zero-order valence-electron chi connectivity index (χ0n) is 75.6. The Morgan fingerprint density at radius 1 is 0.460 bits per heavy atom. The van der Waals surface area contributed by atoms with Crippen molar-refractivity contribution < 1.29 is 104 Å². The van der Waals surface area contributed by atoms with Gasteiger partial charge in [-0.05, 0) is 170 Å². The number of amides is 5. The maximum Gasteiger partial charge on any atom is 0.237 e. The summed E-state index contributed by atoms with van der Waals surface area (Å²) in [5.74, 6) is 0.902. The molecule has 21 N–H and O–H groups in total. The van der Waals surface area contributed by atoms with Gasteiger partial charge in [-0.3, -0.25) is 43.6 Å². The van der Waals surface area contributed by atoms with Crippen molar-refractivity contribution in [3.8, 4) is 0 Å². The van der Waals surface area contributed by atoms with Crippen LogP contribution in [0.15, 0.2) is 24.9 Å². The molecule has 5 amide bonds. The molecule has 10 rings (SSSR count). The smallest absolute Gasteiger partial charge is 0.237 e. The number of hydrogen-bond acceptors (Lipinski definition) is 35. The Morgan fingerprint density at radius 2 is 0.766 bits per heavy atom. The van der Waals surface area contributed by atoms with Crippen LogP contribution >= 0.6 is 47.0 Å². The van der Waals surface area contributed by atoms with E-state index in [1.54, 1.807) is 61.5 Å². The van der Waals surface area contributed by atoms with Crippen LogP contribution in [-0.2, 0) is 49.5 Å². The van der Waals surface area contributed by atoms with Crippen LogP contribution in [0.5, 0.6) is 0 Å². The van der Waals surface area contributed by atoms with Crippen molar-refractivity contribution in [3.05, 3.63) is 30.6 Å². The molecule has 8 aliphatic heterocycles. The van der Waals surface area contributed by atoms with E-state index in [2.05, 4.69) is 84.3 Å². The van der Waals surface area contributed by atoms with Gasteiger partial charge in [-0.1, -0.05) is 58.6 Å². The molecule has 0 spiro atoms. The average Bonchev–Trinajstić information content (AvgIpc) is 1.14. The minimum absolute atomic E-state index is 0.0816. The van der Waals surface area contributed by atoms with Crippen molar-refractivity contribution in [2.24, 2.45) is 35.1 Å². The number of aliphatic hydroxyl groups is 12. The van der Waals surface area contributed by atoms with Gasteiger partial charge in [0.05, 0.1) is 85.2 Å². The Balaban J connectivity index is 0.000000227. The quantitative estimate of drug-likeness (QED) is 0.0337. The molecule has 0 aromatic carbocycles. The van der Waals surface area contributed by atoms with Gasteiger partial charge >= 0.3 is 0 Å². The first kappa shape index (κ1) is 107. The molecular formula is C82H151N17O21S4. The van der Waals surface area contributed by atoms with Gasteiger partial charge in [0.25, 0.3) is 0 Å². The highest BCUT2D eigenvalue weighted by atomic mass is 32.2. The molecule has 8 fully saturated rings. The van der Waals surface area contributed by atoms with Crippen molar-refractivity contribution in [1.29, 1.82) is 0 Å². The average molecular weight is 1840 g/mol. The first-order valence-electron chi connectivity index (χ1n) is 43.9. The lowest BCUT2D eigenvalue weighted by Gasteiger charge is -2.45. The Morgan fingerprint density at radius 3 is 1.05 bits per heavy atom. The Hall–Kier alpha value is -3.82. The molecule has 42 heteroatoms. The molecule has 714 valence electrons. The number of thioether (sulfide) groups is 4. The summed E-state index contributed by atoms with van der Waals surface area (Å²) in [4.78, 5) is 79.2. The first-order chi connectivity index (χ1) is 58.7. The standard InChI is InChI=1S/C21H38N6O5S.C21H36N4O5S.C20H38N4O6S.C20H39N3O5S/c1-5-6-12-7-14(26(3)9-12)20(31)23-15(11(2)27-10-13(8-22)24-25-27)19-17(29)16(28)18(30)21(32-19)33-4;1-5-6-13-9-14(24(3)10-13)20(29)23-15(12(2)25-8-7-22-11-25)19-17(27)16(26)18(28)21(30-19)31-4;1-5-6-11-7-12(24(3)9-11)19(29)23-14(10(2)22-13(25)8-21)18-16(27)15(26)17(28)20(30-18)31-4;1-7-8-12-9-13(23(5)10-12)19(27)21-14(11(2)22(3)4)18-16(25)15(24)17(26)20(28-18)29-6/h10-12,14-19,21,28-30H,5-9,22H2,1-4H3,(H,23,31);7-8,11-19,21,26-28H,5-6,9-10H2,1-4H3,(H,23,29);10-12,14-18,20,26-28H,5-9,21H2,1-4H3,(H,22,25)(H,23,29);11-18,20,24-26H,7-10H2,1-6H3,(H,21,27)/t11-,12+,14-,15+,16+,17?,18+,19+,21?;12-,13+,14-,15+,16+,17?,18+,19+,21?;10?,11-,12+,14-,15-,16?,17-,18-,20?;11-,12+,13-,14+,15+,16?,17+,18+,20?/m0010/s1. The van der Waals surface area contributed by atoms with Crippen molar-refractivity contribution in [2.45, 2.75) is 331 Å². The van der Waals surface area contributed by atoms with Gasteiger partial charge in [0.1, 0.15) is 119 Å². The van der Waals surface area contributed by atoms with Gasteiger partial charge in [0, 0.05) is 57.2 Å². The van der Waals surface area contributed by atoms with Crippen molar-refractivity contribution in [1.82, 2.24) is 75.6 Å². The Labute approximate surface area is 749 Å². The Bertz CT molecular complexity index is 3510. The summed E-state index contributed by atoms with van der Waals surface area (Å²) in [6.45, 7) is 19.4. The second-order valence-corrected chi connectivity index (χ2v) is 39.1. The molecule has 0 aliphatic carbocycles. The van der Waals surface area contributed by atoms with Crippen LogP contribution < -0.4 is 38.1 Å². The fraction of sp³-hybridized carbons (Fsp3) is 0.878. The van der Waals surface area contributed by atoms with Gasteiger partial charge in [0.15, 0.2) is 0 Å². The minimum atomic E-state index is -1.45. The third kappa shape index (κ3) is 27.2. The third-order valence-corrected chi connectivity index (χ3v) is 29.6. The van der Waals surface area contributed by atoms with Crippen LogP contribution in [0.2, 0.25) is 0 Å². The van der Waals surface area contributed by atoms with Gasteiger partial charge in [0.2, 0.25) is 29.5 Å². The largest absolute Gasteiger partial charge is 0.388 e. The summed E-state index contributed by atoms with van der Waals surface area (Å²) in [5, 5.41) is 148. The van der Waals surface area contributed by atoms with E-state index in [9.17, 15) is 85.3 Å². The van der Waals surface area contributed by atoms with Crippen LogP contribution in [0.4, 0.5) is 0 Å². The number of nitrogens with zero attached hydrogens (tertiary/aromatic N) is 10. The molecule has 124 heavy (non-hydrogen) atoms. The zero-order chi connectivity index (χ0) is 92.2. The maximum absolute atomic E-state index is 13.4. The number of nitrogens with one attached hydrogen (secondary N) is 5. The highest BCUT2D eigenvalue weighted by molar-refractivity contribution is 7.99. The molecule has 0 saturated carbocycles. The fourth-order valence-electron chi connectivity index (χ4n) is 18.7. The van der Waals surface area contributed by atoms with Crippen LogP contribution in [0.1, 0.15) is 150 Å². The summed E-state index contributed by atoms with van der Waals surface area (Å²) in [5.41, 5.74) is 8.75. The third-order valence-electron chi connectivity index (χ3n) is 26.2. The van der Waals surface area contributed by atoms with Crippen molar-refractivity contribution in [2.75, 3.05) is 100 Å². The van der Waals surface area contributed by atoms with Crippen molar-refractivity contribution >= 4 is 76.6 Å². The monoisotopic (exact) mass is 1840 g/mol. The first-order valence-corrected chi connectivity index (χ1v) is 49.1. The maximum atomic E-state index is 13.4. The molecular weight excluding hydrogens is 1690 g/mol. The van der Waals surface area contributed by atoms with Gasteiger partial charge in [-0.15, -0.1) is 52.1 Å². The molecule has 0 radical (unpaired) electrons. The van der Waals surface area contributed by atoms with Crippen LogP contribution in [0.3, 0.4) is 0 Å². The molecule has 0 bridgehead atoms. The number of nitrogens with two attached hydrogens (primary N) is 2. The number of ether oxygens (including phenoxy) is 4. The number of rotatable bonds is 34. The Kier molecular flexibility index (Phi) is 43.8. The van der Waals surface area contributed by atoms with E-state index in [1.165, 1.54) is 47.0 Å². The molecule has 8 saturated heterocycles. The molecule has 2 aromatic rings. The number of carbonyl (C=O) groups is 5. The summed E-state index contributed by atoms with van der Waals surface area (Å²) in [7, 11) is 11.6. The van der Waals surface area contributed by atoms with E-state index in [0.717, 1.165) is 103 Å². The van der Waals surface area contributed by atoms with Crippen LogP contribution in [-0.4, -0.2) is 420 Å². The van der Waals surface area contributed by atoms with E-state index in [0.29, 0.717) is 29.4 Å². The van der Waals surface area contributed by atoms with Gasteiger partial charge < -0.3 is 128 Å². The van der Waals surface area contributed by atoms with E-state index < -0.39 is 162 Å². The molecule has 2 aromatic heterocycles. The molecule has 38 nitrogen and oxygen atoms in total. The summed E-state index contributed by atoms with van der Waals surface area (Å²) in [6, 6.07) is -5.39. The topological polar surface area (TPSA) is 542 Å². The number of carbonyl (C=O) groups excluding carboxylic acids is 5. The molecule has 9 unspecified atom stereocenters. The summed E-state index contributed by atoms with van der Waals surface area (Å²) >= 11 is 4.95. The number of aliphatic hydroxyl groups excluding tert-OH is 12. The molecule has 8 aliphatic rings. The number of likely N-dealkylation sites (tertiary alicyclic amines) is 4. The van der Waals surface area contributed by atoms with Crippen LogP contribution in [0, 0.1) is 23.7 Å².